The molecule has 1 fully saturated rings. The number of halogens is 1. The number of hydrogen-bond acceptors (Lipinski definition) is 6. The summed E-state index contributed by atoms with van der Waals surface area (Å²) in [6.45, 7) is 7.11. The lowest BCUT2D eigenvalue weighted by Gasteiger charge is -2.26. The molecule has 35 heavy (non-hydrogen) atoms. The summed E-state index contributed by atoms with van der Waals surface area (Å²) in [6.07, 6.45) is 3.38. The van der Waals surface area contributed by atoms with Crippen LogP contribution in [0.4, 0.5) is 15.1 Å². The van der Waals surface area contributed by atoms with Gasteiger partial charge in [-0.05, 0) is 42.8 Å². The number of benzene rings is 1. The van der Waals surface area contributed by atoms with Gasteiger partial charge in [-0.2, -0.15) is 0 Å². The Morgan fingerprint density at radius 1 is 1.14 bits per heavy atom. The number of aromatic nitrogens is 4. The van der Waals surface area contributed by atoms with E-state index in [-0.39, 0.29) is 17.7 Å². The molecule has 1 aliphatic rings. The third-order valence-corrected chi connectivity index (χ3v) is 5.93. The van der Waals surface area contributed by atoms with Gasteiger partial charge in [-0.25, -0.2) is 14.2 Å². The van der Waals surface area contributed by atoms with Gasteiger partial charge in [0.1, 0.15) is 11.5 Å². The Kier molecular flexibility index (Phi) is 6.64. The molecule has 1 saturated heterocycles. The molecular formula is C25H27FN8O. The monoisotopic (exact) mass is 474 g/mol. The van der Waals surface area contributed by atoms with Gasteiger partial charge in [0, 0.05) is 62.8 Å². The van der Waals surface area contributed by atoms with Crippen molar-refractivity contribution in [3.8, 4) is 22.4 Å². The molecule has 4 N–H and O–H groups in total. The molecule has 0 aliphatic carbocycles. The highest BCUT2D eigenvalue weighted by Crippen LogP contribution is 2.34. The van der Waals surface area contributed by atoms with Crippen molar-refractivity contribution in [3.63, 3.8) is 0 Å². The van der Waals surface area contributed by atoms with Crippen LogP contribution >= 0.6 is 0 Å². The maximum absolute atomic E-state index is 14.7. The number of fused-ring (bicyclic) bond motifs is 1. The number of imidazole rings is 1. The summed E-state index contributed by atoms with van der Waals surface area (Å²) in [7, 11) is 0. The third-order valence-electron chi connectivity index (χ3n) is 5.93. The van der Waals surface area contributed by atoms with Gasteiger partial charge < -0.3 is 15.6 Å². The maximum Gasteiger partial charge on any atom is 0.321 e. The van der Waals surface area contributed by atoms with E-state index in [1.807, 2.05) is 37.4 Å². The molecule has 1 aromatic carbocycles. The Hall–Kier alpha value is -3.89. The van der Waals surface area contributed by atoms with E-state index in [1.165, 1.54) is 6.07 Å². The molecule has 180 valence electrons. The van der Waals surface area contributed by atoms with E-state index in [2.05, 4.69) is 40.8 Å². The van der Waals surface area contributed by atoms with E-state index < -0.39 is 5.82 Å². The predicted molar refractivity (Wildman–Crippen MR) is 133 cm³/mol. The average Bonchev–Trinajstić information content (AvgIpc) is 3.27. The molecule has 9 nitrogen and oxygen atoms in total. The van der Waals surface area contributed by atoms with Gasteiger partial charge in [0.05, 0.1) is 16.7 Å². The van der Waals surface area contributed by atoms with Crippen LogP contribution in [0.15, 0.2) is 48.8 Å². The first-order valence-corrected chi connectivity index (χ1v) is 11.7. The number of hydrogen-bond donors (Lipinski definition) is 4. The van der Waals surface area contributed by atoms with Gasteiger partial charge in [-0.3, -0.25) is 20.2 Å². The van der Waals surface area contributed by atoms with Crippen molar-refractivity contribution in [2.45, 2.75) is 13.5 Å². The van der Waals surface area contributed by atoms with Crippen molar-refractivity contribution in [1.82, 2.24) is 35.5 Å². The number of pyridine rings is 2. The normalized spacial score (nSPS) is 14.2. The van der Waals surface area contributed by atoms with E-state index >= 15 is 0 Å². The zero-order chi connectivity index (χ0) is 24.2. The summed E-state index contributed by atoms with van der Waals surface area (Å²) >= 11 is 0. The smallest absolute Gasteiger partial charge is 0.321 e. The second-order valence-corrected chi connectivity index (χ2v) is 8.39. The van der Waals surface area contributed by atoms with Gasteiger partial charge in [0.15, 0.2) is 0 Å². The van der Waals surface area contributed by atoms with Crippen LogP contribution in [0.1, 0.15) is 12.6 Å². The van der Waals surface area contributed by atoms with Crippen molar-refractivity contribution in [2.75, 3.05) is 38.0 Å². The van der Waals surface area contributed by atoms with Crippen LogP contribution in [0.3, 0.4) is 0 Å². The first-order chi connectivity index (χ1) is 17.1. The fourth-order valence-electron chi connectivity index (χ4n) is 4.21. The molecule has 0 saturated carbocycles. The number of nitrogens with one attached hydrogen (secondary N) is 4. The van der Waals surface area contributed by atoms with Crippen molar-refractivity contribution in [2.24, 2.45) is 0 Å². The van der Waals surface area contributed by atoms with Gasteiger partial charge in [0.2, 0.25) is 5.95 Å². The van der Waals surface area contributed by atoms with E-state index in [9.17, 15) is 9.18 Å². The van der Waals surface area contributed by atoms with Crippen LogP contribution in [-0.2, 0) is 6.54 Å². The van der Waals surface area contributed by atoms with Crippen molar-refractivity contribution >= 4 is 23.0 Å². The molecule has 2 amide bonds. The summed E-state index contributed by atoms with van der Waals surface area (Å²) in [5.41, 5.74) is 4.64. The molecule has 4 aromatic rings. The van der Waals surface area contributed by atoms with Gasteiger partial charge >= 0.3 is 6.03 Å². The molecule has 0 spiro atoms. The first-order valence-electron chi connectivity index (χ1n) is 11.7. The maximum atomic E-state index is 14.7. The molecule has 1 aliphatic heterocycles. The Bertz CT molecular complexity index is 1330. The average molecular weight is 475 g/mol. The van der Waals surface area contributed by atoms with Crippen LogP contribution in [0, 0.1) is 5.82 Å². The Morgan fingerprint density at radius 3 is 2.74 bits per heavy atom. The minimum Gasteiger partial charge on any atom is -0.338 e. The Morgan fingerprint density at radius 2 is 2.00 bits per heavy atom. The number of aromatic amines is 1. The zero-order valence-electron chi connectivity index (χ0n) is 19.4. The number of anilines is 1. The fraction of sp³-hybridized carbons (Fsp3) is 0.280. The van der Waals surface area contributed by atoms with E-state index in [0.29, 0.717) is 23.1 Å². The summed E-state index contributed by atoms with van der Waals surface area (Å²) in [4.78, 5) is 30.9. The summed E-state index contributed by atoms with van der Waals surface area (Å²) in [6, 6.07) is 10.4. The van der Waals surface area contributed by atoms with Gasteiger partial charge in [-0.1, -0.05) is 6.07 Å². The first kappa shape index (κ1) is 22.9. The number of carbonyl (C=O) groups is 1. The van der Waals surface area contributed by atoms with Crippen LogP contribution in [0.2, 0.25) is 0 Å². The molecule has 5 rings (SSSR count). The molecule has 0 atom stereocenters. The van der Waals surface area contributed by atoms with Crippen molar-refractivity contribution in [1.29, 1.82) is 0 Å². The number of H-pyrrole nitrogens is 1. The fourth-order valence-corrected chi connectivity index (χ4v) is 4.21. The highest BCUT2D eigenvalue weighted by atomic mass is 19.1. The number of carbonyl (C=O) groups excluding carboxylic acids is 1. The molecule has 10 heteroatoms. The largest absolute Gasteiger partial charge is 0.338 e. The lowest BCUT2D eigenvalue weighted by Crippen LogP contribution is -2.43. The molecule has 0 radical (unpaired) electrons. The summed E-state index contributed by atoms with van der Waals surface area (Å²) < 4.78 is 14.7. The van der Waals surface area contributed by atoms with E-state index in [0.717, 1.165) is 49.5 Å². The number of nitrogens with zero attached hydrogens (tertiary/aromatic N) is 4. The third kappa shape index (κ3) is 5.13. The number of amides is 2. The van der Waals surface area contributed by atoms with Crippen LogP contribution < -0.4 is 16.0 Å². The van der Waals surface area contributed by atoms with E-state index in [4.69, 9.17) is 0 Å². The van der Waals surface area contributed by atoms with E-state index in [1.54, 1.807) is 12.3 Å². The molecule has 0 bridgehead atoms. The standard InChI is InChI=1S/C25H27FN8O/c1-2-28-25(35)33-24-31-21-13-17(12-19(23(21)32-24)22-20(26)4-3-7-29-22)16-5-6-18(30-14-16)15-34-10-8-27-9-11-34/h3-7,12-14,27H,2,8-11,15H2,1H3,(H3,28,31,32,33,35). The topological polar surface area (TPSA) is 111 Å². The molecule has 4 heterocycles. The predicted octanol–water partition coefficient (Wildman–Crippen LogP) is 3.37. The number of rotatable bonds is 6. The number of piperazine rings is 1. The van der Waals surface area contributed by atoms with Crippen LogP contribution in [-0.4, -0.2) is 63.6 Å². The van der Waals surface area contributed by atoms with Crippen LogP contribution in [0.5, 0.6) is 0 Å². The zero-order valence-corrected chi connectivity index (χ0v) is 19.4. The molecular weight excluding hydrogens is 447 g/mol. The Balaban J connectivity index is 1.51. The van der Waals surface area contributed by atoms with Crippen molar-refractivity contribution < 1.29 is 9.18 Å². The second-order valence-electron chi connectivity index (χ2n) is 8.39. The summed E-state index contributed by atoms with van der Waals surface area (Å²) in [5, 5.41) is 8.70. The Labute approximate surface area is 202 Å². The molecule has 0 unspecified atom stereocenters. The summed E-state index contributed by atoms with van der Waals surface area (Å²) in [5.74, 6) is -0.173. The minimum absolute atomic E-state index is 0.204. The van der Waals surface area contributed by atoms with Crippen LogP contribution in [0.25, 0.3) is 33.4 Å². The van der Waals surface area contributed by atoms with Gasteiger partial charge in [0.25, 0.3) is 0 Å². The SMILES string of the molecule is CCNC(=O)Nc1nc2cc(-c3ccc(CN4CCNCC4)nc3)cc(-c3ncccc3F)c2[nH]1. The highest BCUT2D eigenvalue weighted by molar-refractivity contribution is 5.98. The second kappa shape index (κ2) is 10.2. The lowest BCUT2D eigenvalue weighted by molar-refractivity contribution is 0.231. The van der Waals surface area contributed by atoms with Crippen molar-refractivity contribution in [3.05, 3.63) is 60.3 Å². The quantitative estimate of drug-likeness (QED) is 0.341. The highest BCUT2D eigenvalue weighted by Gasteiger charge is 2.17. The number of urea groups is 1. The molecule has 3 aromatic heterocycles. The lowest BCUT2D eigenvalue weighted by atomic mass is 10.0. The van der Waals surface area contributed by atoms with Gasteiger partial charge in [-0.15, -0.1) is 0 Å². The minimum atomic E-state index is -0.441.